The van der Waals surface area contributed by atoms with E-state index < -0.39 is 5.41 Å². The first-order chi connectivity index (χ1) is 17.2. The van der Waals surface area contributed by atoms with E-state index in [9.17, 15) is 4.79 Å². The van der Waals surface area contributed by atoms with E-state index in [1.807, 2.05) is 24.5 Å². The molecule has 2 atom stereocenters. The predicted molar refractivity (Wildman–Crippen MR) is 137 cm³/mol. The lowest BCUT2D eigenvalue weighted by atomic mass is 9.72. The number of methoxy groups -OCH3 is 1. The van der Waals surface area contributed by atoms with E-state index in [-0.39, 0.29) is 0 Å². The summed E-state index contributed by atoms with van der Waals surface area (Å²) in [6.45, 7) is 1.28. The summed E-state index contributed by atoms with van der Waals surface area (Å²) in [4.78, 5) is 21.0. The minimum Gasteiger partial charge on any atom is -0.497 e. The zero-order valence-electron chi connectivity index (χ0n) is 20.5. The molecule has 0 N–H and O–H groups in total. The number of amides is 1. The SMILES string of the molecule is COc1ccc(C2(C(=O)N3[C@H]4CC[C@H]3CC(Cc3cccc5ccncc35)C4)CCOCC2)cc1. The van der Waals surface area contributed by atoms with Gasteiger partial charge in [0.25, 0.3) is 0 Å². The summed E-state index contributed by atoms with van der Waals surface area (Å²) >= 11 is 0. The second-order valence-electron chi connectivity index (χ2n) is 10.6. The second kappa shape index (κ2) is 9.27. The van der Waals surface area contributed by atoms with Crippen LogP contribution in [0.25, 0.3) is 10.8 Å². The maximum atomic E-state index is 14.4. The van der Waals surface area contributed by atoms with Crippen molar-refractivity contribution < 1.29 is 14.3 Å². The second-order valence-corrected chi connectivity index (χ2v) is 10.6. The number of aromatic nitrogens is 1. The molecule has 35 heavy (non-hydrogen) atoms. The van der Waals surface area contributed by atoms with Gasteiger partial charge in [0.2, 0.25) is 5.91 Å². The van der Waals surface area contributed by atoms with E-state index in [0.717, 1.165) is 56.3 Å². The molecule has 3 fully saturated rings. The third kappa shape index (κ3) is 4.00. The Labute approximate surface area is 207 Å². The lowest BCUT2D eigenvalue weighted by molar-refractivity contribution is -0.146. The van der Waals surface area contributed by atoms with Crippen LogP contribution in [0.4, 0.5) is 0 Å². The average molecular weight is 471 g/mol. The molecule has 5 heteroatoms. The van der Waals surface area contributed by atoms with Crippen LogP contribution in [0.2, 0.25) is 0 Å². The Morgan fingerprint density at radius 1 is 1.06 bits per heavy atom. The van der Waals surface area contributed by atoms with Crippen LogP contribution in [0, 0.1) is 5.92 Å². The number of hydrogen-bond acceptors (Lipinski definition) is 4. The summed E-state index contributed by atoms with van der Waals surface area (Å²) < 4.78 is 11.1. The Morgan fingerprint density at radius 2 is 1.80 bits per heavy atom. The van der Waals surface area contributed by atoms with Crippen LogP contribution in [0.15, 0.2) is 60.9 Å². The summed E-state index contributed by atoms with van der Waals surface area (Å²) in [6.07, 6.45) is 10.9. The van der Waals surface area contributed by atoms with Crippen molar-refractivity contribution in [2.24, 2.45) is 5.92 Å². The molecule has 0 unspecified atom stereocenters. The smallest absolute Gasteiger partial charge is 0.233 e. The fourth-order valence-corrected chi connectivity index (χ4v) is 6.96. The Hall–Kier alpha value is -2.92. The fraction of sp³-hybridized carbons (Fsp3) is 0.467. The van der Waals surface area contributed by atoms with Crippen LogP contribution in [0.1, 0.15) is 49.7 Å². The van der Waals surface area contributed by atoms with Gasteiger partial charge in [-0.25, -0.2) is 0 Å². The van der Waals surface area contributed by atoms with Gasteiger partial charge >= 0.3 is 0 Å². The lowest BCUT2D eigenvalue weighted by Crippen LogP contribution is -2.56. The number of hydrogen-bond donors (Lipinski definition) is 0. The molecule has 3 saturated heterocycles. The quantitative estimate of drug-likeness (QED) is 0.508. The average Bonchev–Trinajstić information content (AvgIpc) is 3.18. The van der Waals surface area contributed by atoms with Crippen molar-refractivity contribution in [2.75, 3.05) is 20.3 Å². The summed E-state index contributed by atoms with van der Waals surface area (Å²) in [7, 11) is 1.68. The minimum absolute atomic E-state index is 0.325. The minimum atomic E-state index is -0.487. The maximum absolute atomic E-state index is 14.4. The summed E-state index contributed by atoms with van der Waals surface area (Å²) in [6, 6.07) is 17.5. The van der Waals surface area contributed by atoms with Crippen molar-refractivity contribution >= 4 is 16.7 Å². The molecule has 182 valence electrons. The van der Waals surface area contributed by atoms with Gasteiger partial charge in [-0.05, 0) is 85.6 Å². The Bertz CT molecular complexity index is 1180. The van der Waals surface area contributed by atoms with E-state index in [0.29, 0.717) is 37.1 Å². The molecule has 3 aliphatic rings. The number of piperidine rings is 1. The van der Waals surface area contributed by atoms with E-state index in [4.69, 9.17) is 9.47 Å². The molecule has 2 aromatic carbocycles. The van der Waals surface area contributed by atoms with E-state index >= 15 is 0 Å². The highest BCUT2D eigenvalue weighted by Crippen LogP contribution is 2.45. The van der Waals surface area contributed by atoms with Gasteiger partial charge in [0.15, 0.2) is 0 Å². The number of ether oxygens (including phenoxy) is 2. The monoisotopic (exact) mass is 470 g/mol. The number of pyridine rings is 1. The highest BCUT2D eigenvalue weighted by atomic mass is 16.5. The zero-order chi connectivity index (χ0) is 23.8. The van der Waals surface area contributed by atoms with Crippen molar-refractivity contribution in [3.63, 3.8) is 0 Å². The van der Waals surface area contributed by atoms with Gasteiger partial charge in [0.1, 0.15) is 5.75 Å². The maximum Gasteiger partial charge on any atom is 0.233 e. The zero-order valence-corrected chi connectivity index (χ0v) is 20.5. The van der Waals surface area contributed by atoms with Crippen LogP contribution in [-0.4, -0.2) is 48.2 Å². The number of carbonyl (C=O) groups excluding carboxylic acids is 1. The molecular weight excluding hydrogens is 436 g/mol. The first-order valence-corrected chi connectivity index (χ1v) is 13.0. The predicted octanol–water partition coefficient (Wildman–Crippen LogP) is 5.30. The molecule has 2 bridgehead atoms. The number of nitrogens with zero attached hydrogens (tertiary/aromatic N) is 2. The molecule has 4 heterocycles. The highest BCUT2D eigenvalue weighted by molar-refractivity contribution is 5.89. The molecule has 0 saturated carbocycles. The Kier molecular flexibility index (Phi) is 5.97. The van der Waals surface area contributed by atoms with Crippen LogP contribution in [-0.2, 0) is 21.4 Å². The molecule has 3 aromatic rings. The van der Waals surface area contributed by atoms with Crippen molar-refractivity contribution in [3.05, 3.63) is 72.1 Å². The molecule has 0 spiro atoms. The summed E-state index contributed by atoms with van der Waals surface area (Å²) in [5.74, 6) is 1.76. The van der Waals surface area contributed by atoms with E-state index in [2.05, 4.69) is 46.3 Å². The van der Waals surface area contributed by atoms with Gasteiger partial charge in [-0.3, -0.25) is 9.78 Å². The van der Waals surface area contributed by atoms with Gasteiger partial charge in [-0.2, -0.15) is 0 Å². The van der Waals surface area contributed by atoms with Crippen molar-refractivity contribution in [1.82, 2.24) is 9.88 Å². The van der Waals surface area contributed by atoms with Crippen LogP contribution in [0.5, 0.6) is 5.75 Å². The fourth-order valence-electron chi connectivity index (χ4n) is 6.96. The molecule has 0 aliphatic carbocycles. The summed E-state index contributed by atoms with van der Waals surface area (Å²) in [5.41, 5.74) is 2.01. The van der Waals surface area contributed by atoms with E-state index in [1.165, 1.54) is 16.3 Å². The van der Waals surface area contributed by atoms with Gasteiger partial charge in [-0.1, -0.05) is 30.3 Å². The molecular formula is C30H34N2O3. The van der Waals surface area contributed by atoms with Crippen LogP contribution >= 0.6 is 0 Å². The molecule has 1 aromatic heterocycles. The third-order valence-electron chi connectivity index (χ3n) is 8.75. The van der Waals surface area contributed by atoms with Gasteiger partial charge < -0.3 is 14.4 Å². The van der Waals surface area contributed by atoms with Crippen molar-refractivity contribution in [1.29, 1.82) is 0 Å². The summed E-state index contributed by atoms with van der Waals surface area (Å²) in [5, 5.41) is 2.52. The number of rotatable bonds is 5. The first kappa shape index (κ1) is 22.5. The van der Waals surface area contributed by atoms with Crippen LogP contribution < -0.4 is 4.74 Å². The molecule has 1 amide bonds. The molecule has 6 rings (SSSR count). The highest BCUT2D eigenvalue weighted by Gasteiger charge is 2.51. The van der Waals surface area contributed by atoms with Gasteiger partial charge in [0.05, 0.1) is 12.5 Å². The first-order valence-electron chi connectivity index (χ1n) is 13.0. The number of fused-ring (bicyclic) bond motifs is 3. The van der Waals surface area contributed by atoms with Gasteiger partial charge in [-0.15, -0.1) is 0 Å². The molecule has 3 aliphatic heterocycles. The van der Waals surface area contributed by atoms with E-state index in [1.54, 1.807) is 7.11 Å². The van der Waals surface area contributed by atoms with Crippen molar-refractivity contribution in [3.8, 4) is 5.75 Å². The van der Waals surface area contributed by atoms with Gasteiger partial charge in [0, 0.05) is 43.1 Å². The third-order valence-corrected chi connectivity index (χ3v) is 8.75. The number of benzene rings is 2. The topological polar surface area (TPSA) is 51.7 Å². The molecule has 5 nitrogen and oxygen atoms in total. The Balaban J connectivity index is 1.24. The normalized spacial score (nSPS) is 25.5. The standard InChI is InChI=1S/C30H34N2O3/c1-34-27-9-5-24(6-10-27)30(12-15-35-16-13-30)29(33)32-25-7-8-26(32)19-21(18-25)17-23-4-2-3-22-11-14-31-20-28(22)23/h2-6,9-11,14,20-21,25-26H,7-8,12-13,15-19H2,1H3/t25-,26-/m0/s1. The lowest BCUT2D eigenvalue weighted by Gasteiger charge is -2.46. The molecule has 0 radical (unpaired) electrons. The number of carbonyl (C=O) groups is 1. The van der Waals surface area contributed by atoms with Crippen LogP contribution in [0.3, 0.4) is 0 Å². The Morgan fingerprint density at radius 3 is 2.51 bits per heavy atom. The largest absolute Gasteiger partial charge is 0.497 e. The van der Waals surface area contributed by atoms with Crippen molar-refractivity contribution in [2.45, 2.75) is 62.4 Å².